The van der Waals surface area contributed by atoms with E-state index in [-0.39, 0.29) is 11.6 Å². The molecule has 1 aliphatic heterocycles. The molecule has 0 radical (unpaired) electrons. The van der Waals surface area contributed by atoms with E-state index >= 15 is 0 Å². The van der Waals surface area contributed by atoms with Crippen molar-refractivity contribution in [1.82, 2.24) is 0 Å². The summed E-state index contributed by atoms with van der Waals surface area (Å²) in [5.74, 6) is -1.94. The molecule has 0 saturated heterocycles. The Hall–Kier alpha value is -2.80. The van der Waals surface area contributed by atoms with E-state index in [0.717, 1.165) is 4.31 Å². The van der Waals surface area contributed by atoms with E-state index in [9.17, 15) is 18.3 Å². The number of furan rings is 1. The number of nitrogens with zero attached hydrogens (tertiary/aromatic N) is 1. The van der Waals surface area contributed by atoms with Crippen LogP contribution in [0.3, 0.4) is 0 Å². The number of sulfonamides is 1. The molecule has 0 unspecified atom stereocenters. The number of carboxylic acids is 1. The van der Waals surface area contributed by atoms with Crippen molar-refractivity contribution in [2.45, 2.75) is 11.0 Å². The molecule has 0 amide bonds. The third kappa shape index (κ3) is 2.09. The molecule has 24 heavy (non-hydrogen) atoms. The first-order valence-corrected chi connectivity index (χ1v) is 8.75. The highest BCUT2D eigenvalue weighted by Crippen LogP contribution is 2.40. The SMILES string of the molecule is O=C(O)[C@@H]1CN(S(=O)(=O)c2cc3ccccc3o2)c2ccccc21. The van der Waals surface area contributed by atoms with Gasteiger partial charge in [-0.3, -0.25) is 9.10 Å². The number of benzene rings is 2. The van der Waals surface area contributed by atoms with Gasteiger partial charge in [-0.1, -0.05) is 36.4 Å². The van der Waals surface area contributed by atoms with Gasteiger partial charge in [0.2, 0.25) is 5.09 Å². The summed E-state index contributed by atoms with van der Waals surface area (Å²) >= 11 is 0. The molecule has 2 aromatic carbocycles. The lowest BCUT2D eigenvalue weighted by Crippen LogP contribution is -2.31. The fourth-order valence-electron chi connectivity index (χ4n) is 3.00. The van der Waals surface area contributed by atoms with Gasteiger partial charge in [0.1, 0.15) is 11.5 Å². The van der Waals surface area contributed by atoms with Crippen LogP contribution in [0.4, 0.5) is 5.69 Å². The Morgan fingerprint density at radius 3 is 2.58 bits per heavy atom. The number of para-hydroxylation sites is 2. The number of carboxylic acid groups (broad SMARTS) is 1. The molecule has 1 aliphatic rings. The van der Waals surface area contributed by atoms with E-state index in [0.29, 0.717) is 22.2 Å². The van der Waals surface area contributed by atoms with Crippen LogP contribution >= 0.6 is 0 Å². The molecule has 2 heterocycles. The number of carbonyl (C=O) groups is 1. The lowest BCUT2D eigenvalue weighted by molar-refractivity contribution is -0.138. The van der Waals surface area contributed by atoms with Crippen LogP contribution < -0.4 is 4.31 Å². The van der Waals surface area contributed by atoms with E-state index in [1.54, 1.807) is 48.5 Å². The molecular weight excluding hydrogens is 330 g/mol. The lowest BCUT2D eigenvalue weighted by atomic mass is 10.0. The summed E-state index contributed by atoms with van der Waals surface area (Å²) < 4.78 is 32.5. The van der Waals surface area contributed by atoms with Crippen LogP contribution in [0.25, 0.3) is 11.0 Å². The summed E-state index contributed by atoms with van der Waals surface area (Å²) in [5, 5.41) is 9.87. The highest BCUT2D eigenvalue weighted by Gasteiger charge is 2.41. The van der Waals surface area contributed by atoms with Gasteiger partial charge in [0, 0.05) is 11.5 Å². The fourth-order valence-corrected chi connectivity index (χ4v) is 4.46. The van der Waals surface area contributed by atoms with Crippen molar-refractivity contribution in [3.8, 4) is 0 Å². The topological polar surface area (TPSA) is 87.8 Å². The second-order valence-corrected chi connectivity index (χ2v) is 7.38. The normalized spacial score (nSPS) is 17.2. The molecule has 6 nitrogen and oxygen atoms in total. The van der Waals surface area contributed by atoms with Crippen molar-refractivity contribution >= 4 is 32.6 Å². The van der Waals surface area contributed by atoms with Crippen LogP contribution in [0.5, 0.6) is 0 Å². The minimum atomic E-state index is -3.98. The first-order chi connectivity index (χ1) is 11.5. The average Bonchev–Trinajstić information content (AvgIpc) is 3.17. The monoisotopic (exact) mass is 343 g/mol. The summed E-state index contributed by atoms with van der Waals surface area (Å²) in [6.07, 6.45) is 0. The number of anilines is 1. The Morgan fingerprint density at radius 1 is 1.12 bits per heavy atom. The van der Waals surface area contributed by atoms with Crippen molar-refractivity contribution in [3.05, 3.63) is 60.2 Å². The Bertz CT molecular complexity index is 1020. The van der Waals surface area contributed by atoms with Crippen LogP contribution in [-0.2, 0) is 14.8 Å². The number of hydrogen-bond acceptors (Lipinski definition) is 4. The fraction of sp³-hybridized carbons (Fsp3) is 0.118. The molecule has 0 saturated carbocycles. The van der Waals surface area contributed by atoms with E-state index in [1.165, 1.54) is 6.07 Å². The predicted molar refractivity (Wildman–Crippen MR) is 87.6 cm³/mol. The summed E-state index contributed by atoms with van der Waals surface area (Å²) in [6, 6.07) is 15.1. The summed E-state index contributed by atoms with van der Waals surface area (Å²) in [7, 11) is -3.98. The molecule has 0 fully saturated rings. The van der Waals surface area contributed by atoms with Crippen molar-refractivity contribution < 1.29 is 22.7 Å². The van der Waals surface area contributed by atoms with Gasteiger partial charge in [0.15, 0.2) is 0 Å². The molecule has 0 spiro atoms. The number of rotatable bonds is 3. The Balaban J connectivity index is 1.84. The second kappa shape index (κ2) is 5.10. The maximum Gasteiger partial charge on any atom is 0.312 e. The van der Waals surface area contributed by atoms with Gasteiger partial charge in [-0.05, 0) is 17.7 Å². The standard InChI is InChI=1S/C17H13NO5S/c19-17(20)13-10-18(14-7-3-2-6-12(13)14)24(21,22)16-9-11-5-1-4-8-15(11)23-16/h1-9,13H,10H2,(H,19,20)/t13-/m1/s1. The molecule has 3 aromatic rings. The van der Waals surface area contributed by atoms with Gasteiger partial charge in [0.05, 0.1) is 12.2 Å². The van der Waals surface area contributed by atoms with Gasteiger partial charge < -0.3 is 9.52 Å². The largest absolute Gasteiger partial charge is 0.481 e. The number of fused-ring (bicyclic) bond motifs is 2. The van der Waals surface area contributed by atoms with Gasteiger partial charge in [-0.15, -0.1) is 0 Å². The van der Waals surface area contributed by atoms with Gasteiger partial charge in [-0.2, -0.15) is 8.42 Å². The maximum atomic E-state index is 13.0. The Morgan fingerprint density at radius 2 is 1.83 bits per heavy atom. The van der Waals surface area contributed by atoms with Gasteiger partial charge in [-0.25, -0.2) is 0 Å². The summed E-state index contributed by atoms with van der Waals surface area (Å²) in [4.78, 5) is 11.5. The molecular formula is C17H13NO5S. The highest BCUT2D eigenvalue weighted by molar-refractivity contribution is 7.92. The van der Waals surface area contributed by atoms with Crippen LogP contribution in [0.15, 0.2) is 64.1 Å². The Kier molecular flexibility index (Phi) is 3.14. The van der Waals surface area contributed by atoms with Crippen LogP contribution in [-0.4, -0.2) is 26.0 Å². The quantitative estimate of drug-likeness (QED) is 0.790. The minimum Gasteiger partial charge on any atom is -0.481 e. The van der Waals surface area contributed by atoms with E-state index in [2.05, 4.69) is 0 Å². The van der Waals surface area contributed by atoms with Gasteiger partial charge >= 0.3 is 5.97 Å². The Labute approximate surface area is 138 Å². The van der Waals surface area contributed by atoms with Crippen LogP contribution in [0.2, 0.25) is 0 Å². The third-order valence-corrected chi connectivity index (χ3v) is 5.81. The zero-order chi connectivity index (χ0) is 16.9. The molecule has 7 heteroatoms. The molecule has 1 N–H and O–H groups in total. The average molecular weight is 343 g/mol. The number of hydrogen-bond donors (Lipinski definition) is 1. The zero-order valence-electron chi connectivity index (χ0n) is 12.4. The first kappa shape index (κ1) is 14.8. The van der Waals surface area contributed by atoms with Crippen molar-refractivity contribution in [1.29, 1.82) is 0 Å². The zero-order valence-corrected chi connectivity index (χ0v) is 13.2. The van der Waals surface area contributed by atoms with Crippen molar-refractivity contribution in [2.24, 2.45) is 0 Å². The van der Waals surface area contributed by atoms with E-state index in [1.807, 2.05) is 0 Å². The maximum absolute atomic E-state index is 13.0. The second-order valence-electron chi connectivity index (χ2n) is 5.59. The first-order valence-electron chi connectivity index (χ1n) is 7.31. The van der Waals surface area contributed by atoms with Gasteiger partial charge in [0.25, 0.3) is 10.0 Å². The van der Waals surface area contributed by atoms with Crippen molar-refractivity contribution in [2.75, 3.05) is 10.8 Å². The molecule has 1 aromatic heterocycles. The minimum absolute atomic E-state index is 0.145. The third-order valence-electron chi connectivity index (χ3n) is 4.17. The van der Waals surface area contributed by atoms with E-state index < -0.39 is 21.9 Å². The molecule has 0 aliphatic carbocycles. The smallest absolute Gasteiger partial charge is 0.312 e. The molecule has 0 bridgehead atoms. The lowest BCUT2D eigenvalue weighted by Gasteiger charge is -2.17. The summed E-state index contributed by atoms with van der Waals surface area (Å²) in [6.45, 7) is -0.145. The molecule has 4 rings (SSSR count). The number of aliphatic carboxylic acids is 1. The van der Waals surface area contributed by atoms with Crippen LogP contribution in [0.1, 0.15) is 11.5 Å². The van der Waals surface area contributed by atoms with Crippen LogP contribution in [0, 0.1) is 0 Å². The predicted octanol–water partition coefficient (Wildman–Crippen LogP) is 2.81. The molecule has 1 atom stereocenters. The van der Waals surface area contributed by atoms with Crippen molar-refractivity contribution in [3.63, 3.8) is 0 Å². The molecule has 122 valence electrons. The highest BCUT2D eigenvalue weighted by atomic mass is 32.2. The van der Waals surface area contributed by atoms with E-state index in [4.69, 9.17) is 4.42 Å². The summed E-state index contributed by atoms with van der Waals surface area (Å²) in [5.41, 5.74) is 1.34.